The number of ether oxygens (including phenoxy) is 1. The Hall–Kier alpha value is -3.76. The molecule has 1 N–H and O–H groups in total. The number of anilines is 2. The summed E-state index contributed by atoms with van der Waals surface area (Å²) in [5.74, 6) is 1.68. The molecule has 0 aliphatic rings. The Balaban J connectivity index is 1.48. The normalized spacial score (nSPS) is 11.1. The lowest BCUT2D eigenvalue weighted by Crippen LogP contribution is -2.19. The van der Waals surface area contributed by atoms with Crippen molar-refractivity contribution >= 4 is 45.9 Å². The number of imidazole rings is 1. The second-order valence-electron chi connectivity index (χ2n) is 7.34. The van der Waals surface area contributed by atoms with E-state index < -0.39 is 0 Å². The predicted octanol–water partition coefficient (Wildman–Crippen LogP) is 4.53. The van der Waals surface area contributed by atoms with Crippen LogP contribution in [-0.4, -0.2) is 28.5 Å². The maximum atomic E-state index is 12.7. The highest BCUT2D eigenvalue weighted by atomic mass is 35.5. The molecule has 0 radical (unpaired) electrons. The standard InChI is InChI=1S/C22H18ClN7O2S/c1-13-25-22(33-28-13)32-17-9-7-16(8-10-17)26-21-27-20(31)18-19(24-12-29(18)2)30(21)11-14-3-5-15(23)6-4-14/h3-10,12H,11H2,1-2H3,(H,26,27,31). The van der Waals surface area contributed by atoms with Crippen molar-refractivity contribution in [1.82, 2.24) is 28.5 Å². The number of hydrogen-bond acceptors (Lipinski definition) is 8. The molecular formula is C22H18ClN7O2S. The molecular weight excluding hydrogens is 462 g/mol. The molecule has 33 heavy (non-hydrogen) atoms. The van der Waals surface area contributed by atoms with Crippen LogP contribution in [-0.2, 0) is 13.6 Å². The number of fused-ring (bicyclic) bond motifs is 1. The van der Waals surface area contributed by atoms with E-state index in [0.29, 0.717) is 45.4 Å². The van der Waals surface area contributed by atoms with Gasteiger partial charge in [-0.25, -0.2) is 4.98 Å². The quantitative estimate of drug-likeness (QED) is 0.382. The lowest BCUT2D eigenvalue weighted by atomic mass is 10.2. The van der Waals surface area contributed by atoms with Gasteiger partial charge in [0.25, 0.3) is 5.19 Å². The number of aryl methyl sites for hydroxylation is 2. The molecule has 0 spiro atoms. The van der Waals surface area contributed by atoms with Crippen LogP contribution in [0.4, 0.5) is 11.6 Å². The van der Waals surface area contributed by atoms with Crippen molar-refractivity contribution in [2.75, 3.05) is 5.32 Å². The van der Waals surface area contributed by atoms with Crippen molar-refractivity contribution < 1.29 is 4.74 Å². The summed E-state index contributed by atoms with van der Waals surface area (Å²) in [6, 6.07) is 14.8. The molecule has 5 aromatic rings. The van der Waals surface area contributed by atoms with Crippen LogP contribution in [0.1, 0.15) is 11.4 Å². The van der Waals surface area contributed by atoms with E-state index in [1.807, 2.05) is 47.9 Å². The van der Waals surface area contributed by atoms with E-state index in [1.165, 1.54) is 11.5 Å². The van der Waals surface area contributed by atoms with Gasteiger partial charge in [-0.2, -0.15) is 14.3 Å². The van der Waals surface area contributed by atoms with E-state index in [-0.39, 0.29) is 5.56 Å². The van der Waals surface area contributed by atoms with Crippen molar-refractivity contribution in [1.29, 1.82) is 0 Å². The molecule has 0 saturated heterocycles. The van der Waals surface area contributed by atoms with Crippen LogP contribution in [0.25, 0.3) is 11.2 Å². The summed E-state index contributed by atoms with van der Waals surface area (Å²) in [7, 11) is 1.77. The lowest BCUT2D eigenvalue weighted by molar-refractivity contribution is 0.478. The topological polar surface area (TPSA) is 99.8 Å². The first-order valence-electron chi connectivity index (χ1n) is 9.98. The summed E-state index contributed by atoms with van der Waals surface area (Å²) >= 11 is 7.23. The van der Waals surface area contributed by atoms with Gasteiger partial charge in [-0.3, -0.25) is 9.36 Å². The Bertz CT molecular complexity index is 1490. The van der Waals surface area contributed by atoms with Gasteiger partial charge in [0.15, 0.2) is 11.2 Å². The van der Waals surface area contributed by atoms with E-state index in [2.05, 4.69) is 24.6 Å². The molecule has 0 amide bonds. The Kier molecular flexibility index (Phi) is 5.53. The van der Waals surface area contributed by atoms with Crippen LogP contribution in [0.15, 0.2) is 59.7 Å². The largest absolute Gasteiger partial charge is 0.430 e. The van der Waals surface area contributed by atoms with Crippen LogP contribution < -0.4 is 15.6 Å². The minimum Gasteiger partial charge on any atom is -0.430 e. The third kappa shape index (κ3) is 4.43. The van der Waals surface area contributed by atoms with Gasteiger partial charge in [-0.05, 0) is 48.9 Å². The molecule has 9 nitrogen and oxygen atoms in total. The highest BCUT2D eigenvalue weighted by Gasteiger charge is 2.16. The monoisotopic (exact) mass is 479 g/mol. The number of aromatic nitrogens is 6. The first-order valence-corrected chi connectivity index (χ1v) is 11.1. The summed E-state index contributed by atoms with van der Waals surface area (Å²) in [5.41, 5.74) is 2.36. The van der Waals surface area contributed by atoms with Gasteiger partial charge in [0.1, 0.15) is 11.6 Å². The summed E-state index contributed by atoms with van der Waals surface area (Å²) in [5, 5.41) is 4.37. The molecule has 0 bridgehead atoms. The number of benzene rings is 2. The van der Waals surface area contributed by atoms with Gasteiger partial charge in [-0.1, -0.05) is 23.7 Å². The van der Waals surface area contributed by atoms with E-state index >= 15 is 0 Å². The smallest absolute Gasteiger partial charge is 0.300 e. The van der Waals surface area contributed by atoms with Gasteiger partial charge in [-0.15, -0.1) is 0 Å². The van der Waals surface area contributed by atoms with Crippen molar-refractivity contribution in [2.45, 2.75) is 13.5 Å². The molecule has 0 aliphatic heterocycles. The zero-order chi connectivity index (χ0) is 22.9. The second kappa shape index (κ2) is 8.64. The average Bonchev–Trinajstić information content (AvgIpc) is 3.39. The Morgan fingerprint density at radius 3 is 2.55 bits per heavy atom. The van der Waals surface area contributed by atoms with E-state index in [1.54, 1.807) is 30.1 Å². The summed E-state index contributed by atoms with van der Waals surface area (Å²) in [6.45, 7) is 2.27. The van der Waals surface area contributed by atoms with Crippen LogP contribution in [0, 0.1) is 6.92 Å². The van der Waals surface area contributed by atoms with Gasteiger partial charge in [0, 0.05) is 29.3 Å². The molecule has 0 atom stereocenters. The highest BCUT2D eigenvalue weighted by Crippen LogP contribution is 2.26. The maximum absolute atomic E-state index is 12.7. The molecule has 2 aromatic carbocycles. The maximum Gasteiger partial charge on any atom is 0.300 e. The third-order valence-corrected chi connectivity index (χ3v) is 5.86. The zero-order valence-corrected chi connectivity index (χ0v) is 19.3. The molecule has 166 valence electrons. The first kappa shape index (κ1) is 21.1. The molecule has 3 aromatic heterocycles. The van der Waals surface area contributed by atoms with Crippen molar-refractivity contribution in [3.63, 3.8) is 0 Å². The van der Waals surface area contributed by atoms with Crippen LogP contribution in [0.3, 0.4) is 0 Å². The third-order valence-electron chi connectivity index (χ3n) is 4.92. The summed E-state index contributed by atoms with van der Waals surface area (Å²) in [4.78, 5) is 25.6. The highest BCUT2D eigenvalue weighted by molar-refractivity contribution is 7.07. The Morgan fingerprint density at radius 1 is 1.09 bits per heavy atom. The van der Waals surface area contributed by atoms with Gasteiger partial charge in [0.05, 0.1) is 12.9 Å². The Labute approximate surface area is 197 Å². The predicted molar refractivity (Wildman–Crippen MR) is 128 cm³/mol. The number of rotatable bonds is 6. The van der Waals surface area contributed by atoms with Crippen LogP contribution >= 0.6 is 23.1 Å². The molecule has 5 rings (SSSR count). The number of halogens is 1. The average molecular weight is 480 g/mol. The second-order valence-corrected chi connectivity index (χ2v) is 8.49. The fourth-order valence-corrected chi connectivity index (χ4v) is 4.03. The zero-order valence-electron chi connectivity index (χ0n) is 17.7. The molecule has 0 aliphatic carbocycles. The van der Waals surface area contributed by atoms with E-state index in [4.69, 9.17) is 16.3 Å². The van der Waals surface area contributed by atoms with Crippen LogP contribution in [0.2, 0.25) is 5.02 Å². The number of nitrogens with zero attached hydrogens (tertiary/aromatic N) is 6. The van der Waals surface area contributed by atoms with Gasteiger partial charge < -0.3 is 14.6 Å². The van der Waals surface area contributed by atoms with Crippen molar-refractivity contribution in [3.05, 3.63) is 81.6 Å². The lowest BCUT2D eigenvalue weighted by Gasteiger charge is -2.15. The summed E-state index contributed by atoms with van der Waals surface area (Å²) < 4.78 is 13.4. The van der Waals surface area contributed by atoms with E-state index in [0.717, 1.165) is 11.3 Å². The molecule has 0 unspecified atom stereocenters. The molecule has 0 fully saturated rings. The Morgan fingerprint density at radius 2 is 1.85 bits per heavy atom. The molecule has 11 heteroatoms. The minimum atomic E-state index is -0.355. The van der Waals surface area contributed by atoms with Gasteiger partial charge in [0.2, 0.25) is 5.95 Å². The van der Waals surface area contributed by atoms with Gasteiger partial charge >= 0.3 is 5.56 Å². The van der Waals surface area contributed by atoms with Crippen molar-refractivity contribution in [2.24, 2.45) is 7.05 Å². The fourth-order valence-electron chi connectivity index (χ4n) is 3.35. The molecule has 3 heterocycles. The SMILES string of the molecule is Cc1nsc(Oc2ccc(Nc3nc(=O)c4c(ncn4C)n3Cc3ccc(Cl)cc3)cc2)n1. The minimum absolute atomic E-state index is 0.355. The number of nitrogens with one attached hydrogen (secondary N) is 1. The summed E-state index contributed by atoms with van der Waals surface area (Å²) in [6.07, 6.45) is 1.61. The fraction of sp³-hybridized carbons (Fsp3) is 0.136. The van der Waals surface area contributed by atoms with Crippen molar-refractivity contribution in [3.8, 4) is 10.9 Å². The first-order chi connectivity index (χ1) is 16.0. The van der Waals surface area contributed by atoms with Crippen LogP contribution in [0.5, 0.6) is 10.9 Å². The van der Waals surface area contributed by atoms with E-state index in [9.17, 15) is 4.79 Å². The number of hydrogen-bond donors (Lipinski definition) is 1. The molecule has 0 saturated carbocycles.